The molecule has 2 nitrogen and oxygen atoms in total. The van der Waals surface area contributed by atoms with Crippen molar-refractivity contribution >= 4 is 0 Å². The van der Waals surface area contributed by atoms with Crippen LogP contribution < -0.4 is 10.1 Å². The third kappa shape index (κ3) is 3.79. The van der Waals surface area contributed by atoms with Crippen LogP contribution in [0.4, 0.5) is 8.78 Å². The van der Waals surface area contributed by atoms with Gasteiger partial charge in [-0.2, -0.15) is 0 Å². The van der Waals surface area contributed by atoms with Gasteiger partial charge in [-0.25, -0.2) is 8.78 Å². The Hall–Kier alpha value is -1.94. The zero-order valence-electron chi connectivity index (χ0n) is 12.4. The zero-order chi connectivity index (χ0) is 15.4. The third-order valence-electron chi connectivity index (χ3n) is 3.22. The van der Waals surface area contributed by atoms with Crippen LogP contribution in [-0.4, -0.2) is 13.2 Å². The maximum atomic E-state index is 13.9. The molecule has 0 aromatic heterocycles. The summed E-state index contributed by atoms with van der Waals surface area (Å²) in [7, 11) is 1.59. The standard InChI is InChI=1S/C17H19F2NO/c1-11(2)20-10-13-8-12(4-7-17(13)21-3)15-9-14(18)5-6-16(15)19/h4-9,11,20H,10H2,1-3H3. The molecule has 0 unspecified atom stereocenters. The Balaban J connectivity index is 2.41. The quantitative estimate of drug-likeness (QED) is 0.894. The summed E-state index contributed by atoms with van der Waals surface area (Å²) in [4.78, 5) is 0. The lowest BCUT2D eigenvalue weighted by Gasteiger charge is -2.14. The summed E-state index contributed by atoms with van der Waals surface area (Å²) in [5, 5.41) is 3.29. The molecule has 0 radical (unpaired) electrons. The molecule has 4 heteroatoms. The molecule has 0 amide bonds. The van der Waals surface area contributed by atoms with Crippen LogP contribution in [0.5, 0.6) is 5.75 Å². The van der Waals surface area contributed by atoms with E-state index in [9.17, 15) is 8.78 Å². The molecule has 0 aliphatic carbocycles. The number of hydrogen-bond donors (Lipinski definition) is 1. The lowest BCUT2D eigenvalue weighted by atomic mass is 10.0. The minimum atomic E-state index is -0.455. The summed E-state index contributed by atoms with van der Waals surface area (Å²) >= 11 is 0. The lowest BCUT2D eigenvalue weighted by molar-refractivity contribution is 0.406. The number of nitrogens with one attached hydrogen (secondary N) is 1. The predicted molar refractivity (Wildman–Crippen MR) is 80.3 cm³/mol. The molecule has 0 aliphatic heterocycles. The van der Waals surface area contributed by atoms with Crippen molar-refractivity contribution < 1.29 is 13.5 Å². The Morgan fingerprint density at radius 2 is 1.86 bits per heavy atom. The Labute approximate surface area is 123 Å². The molecule has 0 bridgehead atoms. The molecular weight excluding hydrogens is 272 g/mol. The number of ether oxygens (including phenoxy) is 1. The van der Waals surface area contributed by atoms with Crippen molar-refractivity contribution in [3.05, 3.63) is 53.6 Å². The molecule has 0 saturated carbocycles. The molecule has 21 heavy (non-hydrogen) atoms. The van der Waals surface area contributed by atoms with Crippen LogP contribution in [0.15, 0.2) is 36.4 Å². The van der Waals surface area contributed by atoms with Crippen LogP contribution in [0, 0.1) is 11.6 Å². The van der Waals surface area contributed by atoms with Gasteiger partial charge in [0.25, 0.3) is 0 Å². The van der Waals surface area contributed by atoms with Gasteiger partial charge in [0.05, 0.1) is 7.11 Å². The number of halogens is 2. The van der Waals surface area contributed by atoms with Gasteiger partial charge in [-0.15, -0.1) is 0 Å². The number of methoxy groups -OCH3 is 1. The molecule has 2 rings (SSSR count). The van der Waals surface area contributed by atoms with Crippen molar-refractivity contribution in [2.45, 2.75) is 26.4 Å². The van der Waals surface area contributed by atoms with Crippen LogP contribution >= 0.6 is 0 Å². The van der Waals surface area contributed by atoms with Crippen LogP contribution in [0.25, 0.3) is 11.1 Å². The fourth-order valence-corrected chi connectivity index (χ4v) is 2.12. The van der Waals surface area contributed by atoms with E-state index in [4.69, 9.17) is 4.74 Å². The maximum absolute atomic E-state index is 13.9. The average Bonchev–Trinajstić information content (AvgIpc) is 2.47. The van der Waals surface area contributed by atoms with Crippen molar-refractivity contribution in [3.8, 4) is 16.9 Å². The minimum absolute atomic E-state index is 0.253. The summed E-state index contributed by atoms with van der Waals surface area (Å²) in [5.41, 5.74) is 1.80. The van der Waals surface area contributed by atoms with Gasteiger partial charge in [-0.05, 0) is 35.9 Å². The van der Waals surface area contributed by atoms with Gasteiger partial charge in [-0.3, -0.25) is 0 Å². The zero-order valence-corrected chi connectivity index (χ0v) is 12.4. The molecule has 0 heterocycles. The second kappa shape index (κ2) is 6.68. The summed E-state index contributed by atoms with van der Waals surface area (Å²) in [6.45, 7) is 4.69. The normalized spacial score (nSPS) is 11.0. The molecule has 0 aliphatic rings. The van der Waals surface area contributed by atoms with E-state index in [2.05, 4.69) is 5.32 Å². The van der Waals surface area contributed by atoms with Crippen molar-refractivity contribution in [2.75, 3.05) is 7.11 Å². The summed E-state index contributed by atoms with van der Waals surface area (Å²) in [6, 6.07) is 9.12. The van der Waals surface area contributed by atoms with Gasteiger partial charge in [0.2, 0.25) is 0 Å². The van der Waals surface area contributed by atoms with E-state index in [-0.39, 0.29) is 5.56 Å². The van der Waals surface area contributed by atoms with Gasteiger partial charge in [0.1, 0.15) is 17.4 Å². The molecule has 112 valence electrons. The fraction of sp³-hybridized carbons (Fsp3) is 0.294. The highest BCUT2D eigenvalue weighted by Gasteiger charge is 2.10. The maximum Gasteiger partial charge on any atom is 0.131 e. The predicted octanol–water partition coefficient (Wildman–Crippen LogP) is 4.14. The molecular formula is C17H19F2NO. The van der Waals surface area contributed by atoms with Gasteiger partial charge < -0.3 is 10.1 Å². The smallest absolute Gasteiger partial charge is 0.131 e. The van der Waals surface area contributed by atoms with Gasteiger partial charge in [0.15, 0.2) is 0 Å². The van der Waals surface area contributed by atoms with E-state index < -0.39 is 11.6 Å². The molecule has 1 N–H and O–H groups in total. The highest BCUT2D eigenvalue weighted by molar-refractivity contribution is 5.66. The molecule has 0 saturated heterocycles. The van der Waals surface area contributed by atoms with E-state index in [0.717, 1.165) is 23.4 Å². The third-order valence-corrected chi connectivity index (χ3v) is 3.22. The molecule has 0 atom stereocenters. The van der Waals surface area contributed by atoms with Crippen molar-refractivity contribution in [1.82, 2.24) is 5.32 Å². The van der Waals surface area contributed by atoms with Gasteiger partial charge in [-0.1, -0.05) is 19.9 Å². The summed E-state index contributed by atoms with van der Waals surface area (Å²) in [5.74, 6) is -0.169. The SMILES string of the molecule is COc1ccc(-c2cc(F)ccc2F)cc1CNC(C)C. The Bertz CT molecular complexity index is 626. The monoisotopic (exact) mass is 291 g/mol. The Kier molecular flexibility index (Phi) is 4.91. The molecule has 2 aromatic rings. The first kappa shape index (κ1) is 15.4. The summed E-state index contributed by atoms with van der Waals surface area (Å²) < 4.78 is 32.5. The van der Waals surface area contributed by atoms with Crippen molar-refractivity contribution in [2.24, 2.45) is 0 Å². The molecule has 2 aromatic carbocycles. The van der Waals surface area contributed by atoms with E-state index in [1.54, 1.807) is 19.2 Å². The van der Waals surface area contributed by atoms with E-state index in [1.165, 1.54) is 6.07 Å². The summed E-state index contributed by atoms with van der Waals surface area (Å²) in [6.07, 6.45) is 0. The highest BCUT2D eigenvalue weighted by Crippen LogP contribution is 2.29. The number of benzene rings is 2. The lowest BCUT2D eigenvalue weighted by Crippen LogP contribution is -2.22. The topological polar surface area (TPSA) is 21.3 Å². The van der Waals surface area contributed by atoms with E-state index >= 15 is 0 Å². The first-order chi connectivity index (χ1) is 10.0. The molecule has 0 spiro atoms. The Morgan fingerprint density at radius 3 is 2.52 bits per heavy atom. The van der Waals surface area contributed by atoms with Crippen LogP contribution in [0.2, 0.25) is 0 Å². The second-order valence-electron chi connectivity index (χ2n) is 5.19. The largest absolute Gasteiger partial charge is 0.496 e. The van der Waals surface area contributed by atoms with Gasteiger partial charge in [0, 0.05) is 23.7 Å². The van der Waals surface area contributed by atoms with Crippen LogP contribution in [-0.2, 0) is 6.54 Å². The van der Waals surface area contributed by atoms with E-state index in [0.29, 0.717) is 18.2 Å². The minimum Gasteiger partial charge on any atom is -0.496 e. The Morgan fingerprint density at radius 1 is 1.10 bits per heavy atom. The second-order valence-corrected chi connectivity index (χ2v) is 5.19. The van der Waals surface area contributed by atoms with Crippen molar-refractivity contribution in [3.63, 3.8) is 0 Å². The average molecular weight is 291 g/mol. The van der Waals surface area contributed by atoms with E-state index in [1.807, 2.05) is 19.9 Å². The number of hydrogen-bond acceptors (Lipinski definition) is 2. The highest BCUT2D eigenvalue weighted by atomic mass is 19.1. The number of rotatable bonds is 5. The van der Waals surface area contributed by atoms with Crippen LogP contribution in [0.3, 0.4) is 0 Å². The van der Waals surface area contributed by atoms with Crippen LogP contribution in [0.1, 0.15) is 19.4 Å². The first-order valence-corrected chi connectivity index (χ1v) is 6.87. The fourth-order valence-electron chi connectivity index (χ4n) is 2.12. The van der Waals surface area contributed by atoms with Gasteiger partial charge >= 0.3 is 0 Å². The molecule has 0 fully saturated rings. The first-order valence-electron chi connectivity index (χ1n) is 6.87. The van der Waals surface area contributed by atoms with Crippen molar-refractivity contribution in [1.29, 1.82) is 0 Å².